The van der Waals surface area contributed by atoms with Crippen LogP contribution in [0.25, 0.3) is 0 Å². The molecule has 0 spiro atoms. The van der Waals surface area contributed by atoms with Crippen molar-refractivity contribution in [2.75, 3.05) is 39.1 Å². The maximum absolute atomic E-state index is 5.78. The maximum atomic E-state index is 5.78. The lowest BCUT2D eigenvalue weighted by atomic mass is 10.1. The van der Waals surface area contributed by atoms with Gasteiger partial charge >= 0.3 is 0 Å². The van der Waals surface area contributed by atoms with E-state index in [0.29, 0.717) is 6.54 Å². The van der Waals surface area contributed by atoms with Crippen LogP contribution >= 0.6 is 0 Å². The summed E-state index contributed by atoms with van der Waals surface area (Å²) in [5, 5.41) is 0. The molecule has 0 aliphatic carbocycles. The van der Waals surface area contributed by atoms with Crippen LogP contribution in [0.5, 0.6) is 0 Å². The molecule has 1 rings (SSSR count). The zero-order chi connectivity index (χ0) is 12.1. The van der Waals surface area contributed by atoms with Crippen molar-refractivity contribution in [1.29, 1.82) is 0 Å². The van der Waals surface area contributed by atoms with E-state index in [1.165, 1.54) is 16.8 Å². The van der Waals surface area contributed by atoms with Gasteiger partial charge in [0.15, 0.2) is 0 Å². The summed E-state index contributed by atoms with van der Waals surface area (Å²) in [5.74, 6) is 0. The largest absolute Gasteiger partial charge is 0.373 e. The van der Waals surface area contributed by atoms with Crippen LogP contribution in [0.2, 0.25) is 0 Å². The van der Waals surface area contributed by atoms with Gasteiger partial charge < -0.3 is 15.5 Å². The average Bonchev–Trinajstić information content (AvgIpc) is 2.25. The van der Waals surface area contributed by atoms with Crippen molar-refractivity contribution in [3.63, 3.8) is 0 Å². The normalized spacial score (nSPS) is 10.9. The molecule has 0 bridgehead atoms. The summed E-state index contributed by atoms with van der Waals surface area (Å²) in [6.07, 6.45) is 0. The molecule has 0 atom stereocenters. The van der Waals surface area contributed by atoms with Gasteiger partial charge in [0.1, 0.15) is 0 Å². The van der Waals surface area contributed by atoms with Gasteiger partial charge in [0.25, 0.3) is 0 Å². The van der Waals surface area contributed by atoms with Crippen molar-refractivity contribution in [3.05, 3.63) is 29.3 Å². The van der Waals surface area contributed by atoms with Crippen molar-refractivity contribution in [2.24, 2.45) is 5.73 Å². The monoisotopic (exact) mass is 221 g/mol. The van der Waals surface area contributed by atoms with E-state index >= 15 is 0 Å². The predicted octanol–water partition coefficient (Wildman–Crippen LogP) is 1.45. The fraction of sp³-hybridized carbons (Fsp3) is 0.538. The Bertz CT molecular complexity index is 334. The molecule has 0 aliphatic rings. The molecule has 0 fully saturated rings. The Morgan fingerprint density at radius 2 is 1.81 bits per heavy atom. The van der Waals surface area contributed by atoms with Crippen molar-refractivity contribution < 1.29 is 0 Å². The van der Waals surface area contributed by atoms with E-state index in [-0.39, 0.29) is 0 Å². The van der Waals surface area contributed by atoms with Crippen molar-refractivity contribution >= 4 is 5.69 Å². The van der Waals surface area contributed by atoms with Gasteiger partial charge in [-0.3, -0.25) is 0 Å². The maximum Gasteiger partial charge on any atom is 0.0409 e. The zero-order valence-corrected chi connectivity index (χ0v) is 10.8. The number of hydrogen-bond donors (Lipinski definition) is 1. The van der Waals surface area contributed by atoms with Gasteiger partial charge in [-0.05, 0) is 32.6 Å². The lowest BCUT2D eigenvalue weighted by Gasteiger charge is -2.24. The van der Waals surface area contributed by atoms with Crippen LogP contribution < -0.4 is 10.6 Å². The average molecular weight is 221 g/mol. The molecule has 0 saturated carbocycles. The minimum atomic E-state index is 0.601. The molecular formula is C13H23N3. The van der Waals surface area contributed by atoms with Crippen LogP contribution in [0.3, 0.4) is 0 Å². The lowest BCUT2D eigenvalue weighted by Crippen LogP contribution is -2.29. The molecule has 0 radical (unpaired) electrons. The summed E-state index contributed by atoms with van der Waals surface area (Å²) < 4.78 is 0. The standard InChI is InChI=1S/C13H23N3/c1-11-5-6-13(12(9-11)10-14)16(4)8-7-15(2)3/h5-6,9H,7-8,10,14H2,1-4H3. The molecule has 1 aromatic carbocycles. The van der Waals surface area contributed by atoms with Crippen LogP contribution in [0.15, 0.2) is 18.2 Å². The molecule has 0 aliphatic heterocycles. The van der Waals surface area contributed by atoms with Gasteiger partial charge in [-0.25, -0.2) is 0 Å². The van der Waals surface area contributed by atoms with E-state index in [1.807, 2.05) is 0 Å². The molecule has 0 unspecified atom stereocenters. The third kappa shape index (κ3) is 3.51. The Morgan fingerprint density at radius 1 is 1.12 bits per heavy atom. The summed E-state index contributed by atoms with van der Waals surface area (Å²) in [6.45, 7) is 4.77. The van der Waals surface area contributed by atoms with Crippen molar-refractivity contribution in [1.82, 2.24) is 4.90 Å². The molecule has 3 heteroatoms. The number of nitrogens with zero attached hydrogens (tertiary/aromatic N) is 2. The molecular weight excluding hydrogens is 198 g/mol. The summed E-state index contributed by atoms with van der Waals surface area (Å²) >= 11 is 0. The number of hydrogen-bond acceptors (Lipinski definition) is 3. The molecule has 2 N–H and O–H groups in total. The number of aryl methyl sites for hydroxylation is 1. The van der Waals surface area contributed by atoms with E-state index in [4.69, 9.17) is 5.73 Å². The molecule has 0 heterocycles. The molecule has 0 saturated heterocycles. The Kier molecular flexibility index (Phi) is 4.77. The van der Waals surface area contributed by atoms with Gasteiger partial charge in [0.05, 0.1) is 0 Å². The number of benzene rings is 1. The molecule has 3 nitrogen and oxygen atoms in total. The molecule has 0 aromatic heterocycles. The lowest BCUT2D eigenvalue weighted by molar-refractivity contribution is 0.416. The van der Waals surface area contributed by atoms with Gasteiger partial charge in [-0.1, -0.05) is 17.7 Å². The topological polar surface area (TPSA) is 32.5 Å². The predicted molar refractivity (Wildman–Crippen MR) is 70.9 cm³/mol. The number of nitrogens with two attached hydrogens (primary N) is 1. The van der Waals surface area contributed by atoms with Gasteiger partial charge in [-0.15, -0.1) is 0 Å². The Balaban J connectivity index is 2.77. The van der Waals surface area contributed by atoms with E-state index in [2.05, 4.69) is 56.1 Å². The van der Waals surface area contributed by atoms with Crippen molar-refractivity contribution in [3.8, 4) is 0 Å². The third-order valence-corrected chi connectivity index (χ3v) is 2.75. The first kappa shape index (κ1) is 13.0. The number of rotatable bonds is 5. The highest BCUT2D eigenvalue weighted by molar-refractivity contribution is 5.54. The third-order valence-electron chi connectivity index (χ3n) is 2.75. The minimum absolute atomic E-state index is 0.601. The van der Waals surface area contributed by atoms with Gasteiger partial charge in [-0.2, -0.15) is 0 Å². The van der Waals surface area contributed by atoms with E-state index < -0.39 is 0 Å². The fourth-order valence-corrected chi connectivity index (χ4v) is 1.72. The van der Waals surface area contributed by atoms with Crippen LogP contribution in [0, 0.1) is 6.92 Å². The second-order valence-electron chi connectivity index (χ2n) is 4.56. The summed E-state index contributed by atoms with van der Waals surface area (Å²) in [6, 6.07) is 6.47. The summed E-state index contributed by atoms with van der Waals surface area (Å²) in [7, 11) is 6.30. The molecule has 0 amide bonds. The first-order chi connectivity index (χ1) is 7.54. The summed E-state index contributed by atoms with van der Waals surface area (Å²) in [4.78, 5) is 4.45. The Hall–Kier alpha value is -1.06. The quantitative estimate of drug-likeness (QED) is 0.817. The van der Waals surface area contributed by atoms with E-state index in [0.717, 1.165) is 13.1 Å². The highest BCUT2D eigenvalue weighted by atomic mass is 15.2. The highest BCUT2D eigenvalue weighted by Gasteiger charge is 2.06. The van der Waals surface area contributed by atoms with E-state index in [1.54, 1.807) is 0 Å². The zero-order valence-electron chi connectivity index (χ0n) is 10.8. The minimum Gasteiger partial charge on any atom is -0.373 e. The Labute approximate surface area is 98.8 Å². The Morgan fingerprint density at radius 3 is 2.38 bits per heavy atom. The van der Waals surface area contributed by atoms with E-state index in [9.17, 15) is 0 Å². The number of anilines is 1. The smallest absolute Gasteiger partial charge is 0.0409 e. The van der Waals surface area contributed by atoms with Crippen LogP contribution in [-0.4, -0.2) is 39.1 Å². The molecule has 1 aromatic rings. The van der Waals surface area contributed by atoms with Crippen molar-refractivity contribution in [2.45, 2.75) is 13.5 Å². The fourth-order valence-electron chi connectivity index (χ4n) is 1.72. The first-order valence-electron chi connectivity index (χ1n) is 5.70. The highest BCUT2D eigenvalue weighted by Crippen LogP contribution is 2.20. The van der Waals surface area contributed by atoms with Crippen LogP contribution in [0.1, 0.15) is 11.1 Å². The SMILES string of the molecule is Cc1ccc(N(C)CCN(C)C)c(CN)c1. The molecule has 90 valence electrons. The van der Waals surface area contributed by atoms with Gasteiger partial charge in [0, 0.05) is 32.4 Å². The second-order valence-corrected chi connectivity index (χ2v) is 4.56. The molecule has 16 heavy (non-hydrogen) atoms. The van der Waals surface area contributed by atoms with Crippen LogP contribution in [-0.2, 0) is 6.54 Å². The first-order valence-corrected chi connectivity index (χ1v) is 5.70. The van der Waals surface area contributed by atoms with Gasteiger partial charge in [0.2, 0.25) is 0 Å². The van der Waals surface area contributed by atoms with Crippen LogP contribution in [0.4, 0.5) is 5.69 Å². The second kappa shape index (κ2) is 5.87. The number of likely N-dealkylation sites (N-methyl/N-ethyl adjacent to an activating group) is 2. The summed E-state index contributed by atoms with van der Waals surface area (Å²) in [5.41, 5.74) is 9.51.